The lowest BCUT2D eigenvalue weighted by atomic mass is 9.85. The molecule has 3 amide bonds. The van der Waals surface area contributed by atoms with Crippen molar-refractivity contribution in [2.45, 2.75) is 32.5 Å². The molecule has 1 N–H and O–H groups in total. The van der Waals surface area contributed by atoms with Crippen LogP contribution in [0.3, 0.4) is 0 Å². The van der Waals surface area contributed by atoms with Gasteiger partial charge in [-0.1, -0.05) is 83.9 Å². The summed E-state index contributed by atoms with van der Waals surface area (Å²) in [5.74, 6) is 0.269. The molecule has 0 aliphatic carbocycles. The summed E-state index contributed by atoms with van der Waals surface area (Å²) in [6.07, 6.45) is 3.16. The van der Waals surface area contributed by atoms with Crippen LogP contribution in [0.2, 0.25) is 0 Å². The predicted octanol–water partition coefficient (Wildman–Crippen LogP) is 5.54. The van der Waals surface area contributed by atoms with Crippen molar-refractivity contribution in [2.75, 3.05) is 0 Å². The maximum absolute atomic E-state index is 13.6. The van der Waals surface area contributed by atoms with E-state index in [4.69, 9.17) is 15.5 Å². The number of aromatic nitrogens is 2. The lowest BCUT2D eigenvalue weighted by Crippen LogP contribution is -2.45. The lowest BCUT2D eigenvalue weighted by molar-refractivity contribution is 0.1000. The molecule has 41 heavy (non-hydrogen) atoms. The number of fused-ring (bicyclic) bond motifs is 3. The molecule has 202 valence electrons. The first-order valence-corrected chi connectivity index (χ1v) is 13.0. The molecule has 6 rings (SSSR count). The van der Waals surface area contributed by atoms with Crippen LogP contribution in [0.1, 0.15) is 43.9 Å². The molecule has 3 heterocycles. The number of carbonyl (C=O) groups excluding carboxylic acids is 2. The Morgan fingerprint density at radius 1 is 0.951 bits per heavy atom. The zero-order valence-corrected chi connectivity index (χ0v) is 22.4. The minimum atomic E-state index is -1.29. The molecule has 11 nitrogen and oxygen atoms in total. The van der Waals surface area contributed by atoms with E-state index >= 15 is 0 Å². The van der Waals surface area contributed by atoms with Gasteiger partial charge in [-0.2, -0.15) is 0 Å². The van der Waals surface area contributed by atoms with Crippen molar-refractivity contribution in [2.24, 2.45) is 15.1 Å². The van der Waals surface area contributed by atoms with Crippen LogP contribution in [0, 0.1) is 13.8 Å². The third-order valence-electron chi connectivity index (χ3n) is 7.29. The Morgan fingerprint density at radius 3 is 2.22 bits per heavy atom. The lowest BCUT2D eigenvalue weighted by Gasteiger charge is -2.28. The Hall–Kier alpha value is -5.54. The van der Waals surface area contributed by atoms with E-state index in [1.165, 1.54) is 6.34 Å². The van der Waals surface area contributed by atoms with Gasteiger partial charge in [0.05, 0.1) is 19.4 Å². The highest BCUT2D eigenvalue weighted by Gasteiger charge is 2.55. The topological polar surface area (TPSA) is 141 Å². The molecule has 2 aliphatic rings. The van der Waals surface area contributed by atoms with Crippen molar-refractivity contribution in [3.05, 3.63) is 129 Å². The van der Waals surface area contributed by atoms with Crippen LogP contribution in [-0.4, -0.2) is 38.6 Å². The van der Waals surface area contributed by atoms with Crippen molar-refractivity contribution >= 4 is 29.9 Å². The molecule has 3 aromatic carbocycles. The maximum Gasteiger partial charge on any atom is 0.324 e. The number of aliphatic imine (C=N–C) groups is 2. The first-order chi connectivity index (χ1) is 19.9. The number of azide groups is 1. The molecule has 1 atom stereocenters. The minimum Gasteiger partial charge on any atom is -0.316 e. The molecule has 1 fully saturated rings. The third-order valence-corrected chi connectivity index (χ3v) is 7.29. The SMILES string of the molecule is Cc1ccc(CN2C(=O)NC3(c4ccc(C(=O)N=[N+]=[N-])cc4)C2=NC=Nc2c3ncn2Cc2ccc(C)cc2)cc1. The smallest absolute Gasteiger partial charge is 0.316 e. The first kappa shape index (κ1) is 25.7. The van der Waals surface area contributed by atoms with Crippen LogP contribution < -0.4 is 5.32 Å². The summed E-state index contributed by atoms with van der Waals surface area (Å²) in [7, 11) is 0. The van der Waals surface area contributed by atoms with Gasteiger partial charge in [0.25, 0.3) is 0 Å². The van der Waals surface area contributed by atoms with Crippen molar-refractivity contribution in [1.29, 1.82) is 0 Å². The molecule has 0 spiro atoms. The fraction of sp³-hybridized carbons (Fsp3) is 0.167. The second-order valence-corrected chi connectivity index (χ2v) is 10.1. The monoisotopic (exact) mass is 543 g/mol. The van der Waals surface area contributed by atoms with Gasteiger partial charge in [0.2, 0.25) is 5.91 Å². The Labute approximate surface area is 235 Å². The number of carbonyl (C=O) groups is 2. The Morgan fingerprint density at radius 2 is 1.59 bits per heavy atom. The predicted molar refractivity (Wildman–Crippen MR) is 154 cm³/mol. The van der Waals surface area contributed by atoms with Crippen molar-refractivity contribution < 1.29 is 9.59 Å². The number of nitrogens with one attached hydrogen (secondary N) is 1. The largest absolute Gasteiger partial charge is 0.324 e. The van der Waals surface area contributed by atoms with Gasteiger partial charge in [0.1, 0.15) is 12.0 Å². The van der Waals surface area contributed by atoms with Crippen molar-refractivity contribution in [1.82, 2.24) is 19.8 Å². The molecule has 1 saturated heterocycles. The Bertz CT molecular complexity index is 1760. The van der Waals surface area contributed by atoms with E-state index in [9.17, 15) is 9.59 Å². The average Bonchev–Trinajstić information content (AvgIpc) is 3.44. The van der Waals surface area contributed by atoms with Crippen LogP contribution >= 0.6 is 0 Å². The van der Waals surface area contributed by atoms with E-state index in [0.717, 1.165) is 22.3 Å². The molecule has 1 aromatic heterocycles. The molecule has 1 unspecified atom stereocenters. The summed E-state index contributed by atoms with van der Waals surface area (Å²) in [6, 6.07) is 22.4. The first-order valence-electron chi connectivity index (χ1n) is 13.0. The number of amidine groups is 1. The number of benzene rings is 3. The van der Waals surface area contributed by atoms with Gasteiger partial charge in [-0.15, -0.1) is 0 Å². The summed E-state index contributed by atoms with van der Waals surface area (Å²) in [5, 5.41) is 6.34. The van der Waals surface area contributed by atoms with Crippen molar-refractivity contribution in [3.63, 3.8) is 0 Å². The van der Waals surface area contributed by atoms with E-state index in [1.54, 1.807) is 35.5 Å². The zero-order valence-electron chi connectivity index (χ0n) is 22.4. The Balaban J connectivity index is 1.47. The zero-order chi connectivity index (χ0) is 28.6. The molecule has 0 bridgehead atoms. The molecule has 2 aliphatic heterocycles. The number of hydrogen-bond donors (Lipinski definition) is 1. The summed E-state index contributed by atoms with van der Waals surface area (Å²) >= 11 is 0. The average molecular weight is 544 g/mol. The summed E-state index contributed by atoms with van der Waals surface area (Å²) in [4.78, 5) is 44.2. The van der Waals surface area contributed by atoms with Gasteiger partial charge < -0.3 is 9.88 Å². The van der Waals surface area contributed by atoms with Crippen LogP contribution in [0.5, 0.6) is 0 Å². The molecule has 0 saturated carbocycles. The fourth-order valence-electron chi connectivity index (χ4n) is 5.16. The van der Waals surface area contributed by atoms with Crippen LogP contribution in [-0.2, 0) is 18.6 Å². The van der Waals surface area contributed by atoms with E-state index < -0.39 is 11.4 Å². The Kier molecular flexibility index (Phi) is 6.41. The van der Waals surface area contributed by atoms with Gasteiger partial charge >= 0.3 is 6.03 Å². The second-order valence-electron chi connectivity index (χ2n) is 10.1. The van der Waals surface area contributed by atoms with E-state index in [-0.39, 0.29) is 18.1 Å². The van der Waals surface area contributed by atoms with Gasteiger partial charge in [-0.05, 0) is 41.2 Å². The molecular weight excluding hydrogens is 518 g/mol. The second kappa shape index (κ2) is 10.2. The van der Waals surface area contributed by atoms with Crippen LogP contribution in [0.25, 0.3) is 10.4 Å². The summed E-state index contributed by atoms with van der Waals surface area (Å²) < 4.78 is 1.92. The number of nitrogens with zero attached hydrogens (tertiary/aromatic N) is 8. The fourth-order valence-corrected chi connectivity index (χ4v) is 5.16. The van der Waals surface area contributed by atoms with Crippen LogP contribution in [0.4, 0.5) is 10.6 Å². The number of amides is 3. The molecular formula is C30H25N9O2. The molecule has 0 radical (unpaired) electrons. The maximum atomic E-state index is 13.6. The van der Waals surface area contributed by atoms with Gasteiger partial charge in [0.15, 0.2) is 17.2 Å². The van der Waals surface area contributed by atoms with E-state index in [0.29, 0.717) is 29.5 Å². The number of rotatable bonds is 6. The third kappa shape index (κ3) is 4.54. The number of imidazole rings is 1. The quantitative estimate of drug-likeness (QED) is 0.194. The van der Waals surface area contributed by atoms with Crippen LogP contribution in [0.15, 0.2) is 94.2 Å². The number of hydrogen-bond acceptors (Lipinski definition) is 5. The van der Waals surface area contributed by atoms with E-state index in [2.05, 4.69) is 44.6 Å². The minimum absolute atomic E-state index is 0.220. The summed E-state index contributed by atoms with van der Waals surface area (Å²) in [5.41, 5.74) is 13.0. The molecule has 11 heteroatoms. The highest BCUT2D eigenvalue weighted by Crippen LogP contribution is 2.42. The standard InChI is InChI=1S/C30H25N9O2/c1-19-3-7-21(8-4-19)15-38-18-34-25-26(38)32-17-33-28-30(25,24-13-11-23(12-14-24)27(40)36-37-31)35-29(41)39(28)16-22-9-5-20(2)6-10-22/h3-14,17-18H,15-16H2,1-2H3,(H,35,41). The normalized spacial score (nSPS) is 17.2. The number of aryl methyl sites for hydroxylation is 2. The molecule has 4 aromatic rings. The highest BCUT2D eigenvalue weighted by atomic mass is 16.2. The van der Waals surface area contributed by atoms with Crippen molar-refractivity contribution in [3.8, 4) is 0 Å². The van der Waals surface area contributed by atoms with E-state index in [1.807, 2.05) is 42.7 Å². The highest BCUT2D eigenvalue weighted by molar-refractivity contribution is 6.15. The van der Waals surface area contributed by atoms with Gasteiger partial charge in [-0.3, -0.25) is 9.69 Å². The van der Waals surface area contributed by atoms with Gasteiger partial charge in [-0.25, -0.2) is 19.8 Å². The number of urea groups is 1. The summed E-state index contributed by atoms with van der Waals surface area (Å²) in [6.45, 7) is 4.85. The van der Waals surface area contributed by atoms with Gasteiger partial charge in [0, 0.05) is 10.5 Å².